The Labute approximate surface area is 666 Å². The highest BCUT2D eigenvalue weighted by Gasteiger charge is 2.47. The van der Waals surface area contributed by atoms with Crippen molar-refractivity contribution in [2.24, 2.45) is 5.92 Å². The first-order valence-corrected chi connectivity index (χ1v) is 31.4. The first kappa shape index (κ1) is 95.6. The fourth-order valence-corrected chi connectivity index (χ4v) is 6.66. The molecule has 0 aromatic heterocycles. The fraction of sp³-hybridized carbons (Fsp3) is 0.132. The first-order valence-electron chi connectivity index (χ1n) is 31.4. The third-order valence-electron chi connectivity index (χ3n) is 10.9. The van der Waals surface area contributed by atoms with E-state index in [4.69, 9.17) is 24.1 Å². The molecular weight excluding hydrogens is 1440 g/mol. The van der Waals surface area contributed by atoms with Crippen LogP contribution in [-0.2, 0) is 23.9 Å². The molecule has 528 valence electrons. The van der Waals surface area contributed by atoms with Gasteiger partial charge in [-0.05, 0) is 147 Å². The fourth-order valence-electron chi connectivity index (χ4n) is 6.66. The van der Waals surface area contributed by atoms with Gasteiger partial charge in [-0.3, -0.25) is 14.4 Å². The zero-order valence-corrected chi connectivity index (χ0v) is 61.3. The van der Waals surface area contributed by atoms with E-state index in [2.05, 4.69) is 443 Å². The molecule has 1 fully saturated rings. The standard InChI is InChI=1S/C77H4.C16H19FO5.C12H15FO3.CH4/c1-3-5-7-9-11-13-15-17-19-21-23-25-27-29-31-33-35-37-39-41-43-45-47-49-51-53-55-57-59-61-63-65-67-69-71-73-75-77-76-74-72-70-68-66-64-62-60-58-56-54-52-50-48-46-44-42-40-38-36-34-32-30-28-26-24-22-20-18-16-14-12-10-8-6-4-2;1-5-9(10-7-6-8-11(20-4)13(10)17)12-14(18)21-16(2,3)22-15(12)19;1-3-8(7-11(14)15)9-5-4-6-10(16-2)12(9)13;/h1-2H2;6-9,12H,5H2,1-4H3;4-6,8H,3,7H2,1-2H3,(H,14,15);1H4. The molecule has 0 spiro atoms. The Bertz CT molecular complexity index is 7260. The molecule has 1 heterocycles. The number of hydrogen-bond donors (Lipinski definition) is 1. The summed E-state index contributed by atoms with van der Waals surface area (Å²) >= 11 is 0. The summed E-state index contributed by atoms with van der Waals surface area (Å²) in [5.41, 5.74) is 188. The number of rotatable bonds is 9. The van der Waals surface area contributed by atoms with Gasteiger partial charge >= 0.3 is 17.9 Å². The van der Waals surface area contributed by atoms with Gasteiger partial charge in [0.1, 0.15) is 0 Å². The van der Waals surface area contributed by atoms with Crippen LogP contribution in [0.25, 0.3) is 0 Å². The molecule has 2 unspecified atom stereocenters. The van der Waals surface area contributed by atoms with Gasteiger partial charge in [-0.2, -0.15) is 0 Å². The predicted octanol–water partition coefficient (Wildman–Crippen LogP) is 18.7. The monoisotopic (exact) mass is 1480 g/mol. The minimum absolute atomic E-state index is 0. The van der Waals surface area contributed by atoms with Gasteiger partial charge in [0.15, 0.2) is 29.1 Å². The number of carboxylic acid groups (broad SMARTS) is 1. The van der Waals surface area contributed by atoms with Crippen molar-refractivity contribution >= 4 is 17.9 Å². The Morgan fingerprint density at radius 1 is 0.353 bits per heavy atom. The Morgan fingerprint density at radius 2 is 0.534 bits per heavy atom. The maximum atomic E-state index is 14.4. The topological polar surface area (TPSA) is 108 Å². The number of aliphatic carboxylic acids is 1. The van der Waals surface area contributed by atoms with E-state index in [9.17, 15) is 23.2 Å². The molecule has 2 atom stereocenters. The number of methoxy groups -OCH3 is 2. The molecule has 3 rings (SSSR count). The van der Waals surface area contributed by atoms with Gasteiger partial charge in [0.2, 0.25) is 0 Å². The quantitative estimate of drug-likeness (QED) is 0.150. The molecule has 1 N–H and O–H groups in total. The summed E-state index contributed by atoms with van der Waals surface area (Å²) in [6, 6.07) is 9.42. The zero-order valence-electron chi connectivity index (χ0n) is 61.3. The van der Waals surface area contributed by atoms with Gasteiger partial charge in [-0.15, -0.1) is 0 Å². The number of benzene rings is 2. The lowest BCUT2D eigenvalue weighted by Gasteiger charge is -2.35. The number of halogens is 2. The summed E-state index contributed by atoms with van der Waals surface area (Å²) in [6.45, 7) is 13.2. The molecule has 0 radical (unpaired) electrons. The van der Waals surface area contributed by atoms with Gasteiger partial charge < -0.3 is 24.1 Å². The van der Waals surface area contributed by atoms with Crippen LogP contribution < -0.4 is 9.47 Å². The number of carboxylic acids is 1. The maximum absolute atomic E-state index is 14.4. The second kappa shape index (κ2) is 68.9. The van der Waals surface area contributed by atoms with Crippen LogP contribution in [0.15, 0.2) is 479 Å². The van der Waals surface area contributed by atoms with E-state index in [0.29, 0.717) is 18.4 Å². The van der Waals surface area contributed by atoms with Crippen LogP contribution >= 0.6 is 0 Å². The highest BCUT2D eigenvalue weighted by Crippen LogP contribution is 2.38. The summed E-state index contributed by atoms with van der Waals surface area (Å²) in [4.78, 5) is 35.0. The Balaban J connectivity index is 0.00000271. The van der Waals surface area contributed by atoms with Crippen LogP contribution in [0.1, 0.15) is 77.3 Å². The molecule has 0 aliphatic carbocycles. The predicted molar refractivity (Wildman–Crippen MR) is 415 cm³/mol. The van der Waals surface area contributed by atoms with Crippen molar-refractivity contribution in [1.29, 1.82) is 0 Å². The van der Waals surface area contributed by atoms with E-state index >= 15 is 0 Å². The number of esters is 2. The SMILES string of the molecule is C.C=C=C=C=C=C=C=C=C=C=C=C=C=C=C=C=C=C=C=C=C=C=C=C=C=C=C=C=C=C=C=C=C=C=C=C=C=C=C=C=C=C=C=C=C=C=C=C=C=C=C=C=C=C=C=C=C=C=C=C=C=C=C=C=C=C=C=C=C=C=C=C=C=C=C=C=C.CCC(CC(=O)O)c1cccc(OC)c1F.CCC(c1cccc(OC)c1F)C1C(=O)OC(C)(C)OC1=O. The van der Waals surface area contributed by atoms with Crippen molar-refractivity contribution in [3.8, 4) is 11.5 Å². The number of cyclic esters (lactones) is 2. The molecule has 0 amide bonds. The summed E-state index contributed by atoms with van der Waals surface area (Å²) < 4.78 is 48.3. The number of ether oxygens (including phenoxy) is 4. The van der Waals surface area contributed by atoms with Gasteiger partial charge in [0, 0.05) is 346 Å². The lowest BCUT2D eigenvalue weighted by Crippen LogP contribution is -2.48. The van der Waals surface area contributed by atoms with Crippen molar-refractivity contribution < 1.29 is 47.2 Å². The van der Waals surface area contributed by atoms with Crippen molar-refractivity contribution in [3.63, 3.8) is 0 Å². The van der Waals surface area contributed by atoms with E-state index < -0.39 is 47.2 Å². The van der Waals surface area contributed by atoms with E-state index in [1.165, 1.54) is 46.3 Å². The van der Waals surface area contributed by atoms with E-state index in [0.717, 1.165) is 0 Å². The molecule has 0 saturated carbocycles. The molecule has 2 aromatic carbocycles. The average molecular weight is 1480 g/mol. The van der Waals surface area contributed by atoms with Crippen molar-refractivity contribution in [2.45, 2.75) is 72.0 Å². The normalized spacial score (nSPS) is 7.97. The highest BCUT2D eigenvalue weighted by molar-refractivity contribution is 5.97. The third kappa shape index (κ3) is 52.5. The van der Waals surface area contributed by atoms with Crippen LogP contribution in [0, 0.1) is 17.6 Å². The Morgan fingerprint density at radius 3 is 0.698 bits per heavy atom. The zero-order chi connectivity index (χ0) is 83.7. The molecule has 1 saturated heterocycles. The van der Waals surface area contributed by atoms with E-state index in [1.807, 2.05) is 6.92 Å². The Kier molecular flexibility index (Phi) is 56.8. The first-order chi connectivity index (χ1) is 56.3. The second-order valence-electron chi connectivity index (χ2n) is 18.6. The Hall–Kier alpha value is -20.4. The van der Waals surface area contributed by atoms with Crippen molar-refractivity contribution in [1.82, 2.24) is 0 Å². The number of carbonyl (C=O) groups is 3. The van der Waals surface area contributed by atoms with Gasteiger partial charge in [0.25, 0.3) is 5.79 Å². The lowest BCUT2D eigenvalue weighted by atomic mass is 9.83. The van der Waals surface area contributed by atoms with Gasteiger partial charge in [-0.25, -0.2) is 8.78 Å². The van der Waals surface area contributed by atoms with Crippen LogP contribution in [0.5, 0.6) is 11.5 Å². The number of hydrogen-bond acceptors (Lipinski definition) is 7. The summed E-state index contributed by atoms with van der Waals surface area (Å²) in [5.74, 6) is -6.61. The molecule has 2 aromatic rings. The highest BCUT2D eigenvalue weighted by atomic mass is 19.1. The van der Waals surface area contributed by atoms with Gasteiger partial charge in [-0.1, -0.05) is 57.0 Å². The summed E-state index contributed by atoms with van der Waals surface area (Å²) in [6.07, 6.45) is 0.885. The molecule has 116 heavy (non-hydrogen) atoms. The number of carbonyl (C=O) groups excluding carboxylic acids is 2. The van der Waals surface area contributed by atoms with Gasteiger partial charge in [0.05, 0.1) is 20.6 Å². The van der Waals surface area contributed by atoms with Crippen LogP contribution in [0.4, 0.5) is 8.78 Å². The van der Waals surface area contributed by atoms with Crippen LogP contribution in [-0.4, -0.2) is 43.0 Å². The largest absolute Gasteiger partial charge is 0.494 e. The minimum atomic E-state index is -1.30. The van der Waals surface area contributed by atoms with Crippen molar-refractivity contribution in [3.05, 3.63) is 502 Å². The lowest BCUT2D eigenvalue weighted by molar-refractivity contribution is -0.241. The molecule has 10 heteroatoms. The molecule has 0 bridgehead atoms. The summed E-state index contributed by atoms with van der Waals surface area (Å²) in [7, 11) is 2.75. The molecule has 1 aliphatic rings. The average Bonchev–Trinajstić information content (AvgIpc) is 0.783. The van der Waals surface area contributed by atoms with Crippen LogP contribution in [0.3, 0.4) is 0 Å². The molecular formula is C106H42F2O8. The molecule has 8 nitrogen and oxygen atoms in total. The second-order valence-corrected chi connectivity index (χ2v) is 18.6. The summed E-state index contributed by atoms with van der Waals surface area (Å²) in [5, 5.41) is 8.74. The maximum Gasteiger partial charge on any atom is 0.324 e. The van der Waals surface area contributed by atoms with E-state index in [-0.39, 0.29) is 36.8 Å². The van der Waals surface area contributed by atoms with E-state index in [1.54, 1.807) is 25.1 Å². The van der Waals surface area contributed by atoms with Crippen LogP contribution in [0.2, 0.25) is 0 Å². The molecule has 1 aliphatic heterocycles. The minimum Gasteiger partial charge on any atom is -0.494 e. The smallest absolute Gasteiger partial charge is 0.324 e. The third-order valence-corrected chi connectivity index (χ3v) is 10.9. The van der Waals surface area contributed by atoms with Crippen molar-refractivity contribution in [2.75, 3.05) is 14.2 Å².